The summed E-state index contributed by atoms with van der Waals surface area (Å²) >= 11 is 0. The zero-order valence-corrected chi connectivity index (χ0v) is 32.0. The predicted molar refractivity (Wildman–Crippen MR) is 232 cm³/mol. The third-order valence-electron chi connectivity index (χ3n) is 11.7. The molecule has 7 aromatic carbocycles. The molecule has 1 aliphatic carbocycles. The Balaban J connectivity index is 0.997. The molecule has 0 bridgehead atoms. The minimum Gasteiger partial charge on any atom is -0.457 e. The van der Waals surface area contributed by atoms with Crippen LogP contribution < -0.4 is 4.74 Å². The summed E-state index contributed by atoms with van der Waals surface area (Å²) in [5, 5.41) is 0. The molecule has 0 saturated carbocycles. The van der Waals surface area contributed by atoms with Crippen molar-refractivity contribution in [1.82, 2.24) is 19.9 Å². The van der Waals surface area contributed by atoms with Crippen molar-refractivity contribution in [1.29, 1.82) is 0 Å². The van der Waals surface area contributed by atoms with Gasteiger partial charge in [-0.3, -0.25) is 4.98 Å². The van der Waals surface area contributed by atoms with E-state index in [1.54, 1.807) is 0 Å². The SMILES string of the molecule is Cc1ccc(-c2ccc(-c3nc(-c4ccccc4)nc(-c4ccc(-c5ccc6c(c5)C5(c7ccccc7O6)c6ccccc6-c6ccccc65)cc4)n3)cc2)c(C)n1. The number of ether oxygens (including phenoxy) is 1. The Morgan fingerprint density at radius 1 is 0.345 bits per heavy atom. The average molecular weight is 745 g/mol. The van der Waals surface area contributed by atoms with Gasteiger partial charge in [0.25, 0.3) is 0 Å². The smallest absolute Gasteiger partial charge is 0.164 e. The molecule has 0 atom stereocenters. The molecule has 1 spiro atoms. The number of fused-ring (bicyclic) bond motifs is 9. The van der Waals surface area contributed by atoms with E-state index < -0.39 is 5.41 Å². The summed E-state index contributed by atoms with van der Waals surface area (Å²) in [6.07, 6.45) is 0. The van der Waals surface area contributed by atoms with Gasteiger partial charge in [0.2, 0.25) is 0 Å². The Morgan fingerprint density at radius 2 is 0.828 bits per heavy atom. The molecule has 0 unspecified atom stereocenters. The maximum absolute atomic E-state index is 6.67. The second-order valence-electron chi connectivity index (χ2n) is 15.1. The highest BCUT2D eigenvalue weighted by atomic mass is 16.5. The second kappa shape index (κ2) is 13.3. The van der Waals surface area contributed by atoms with Gasteiger partial charge in [-0.1, -0.05) is 158 Å². The summed E-state index contributed by atoms with van der Waals surface area (Å²) in [5.41, 5.74) is 16.0. The van der Waals surface area contributed by atoms with Crippen LogP contribution in [-0.4, -0.2) is 19.9 Å². The lowest BCUT2D eigenvalue weighted by atomic mass is 9.66. The van der Waals surface area contributed by atoms with Gasteiger partial charge in [0.1, 0.15) is 11.5 Å². The second-order valence-corrected chi connectivity index (χ2v) is 15.1. The van der Waals surface area contributed by atoms with Gasteiger partial charge in [-0.25, -0.2) is 15.0 Å². The van der Waals surface area contributed by atoms with Crippen LogP contribution >= 0.6 is 0 Å². The van der Waals surface area contributed by atoms with E-state index in [1.807, 2.05) is 37.3 Å². The first-order chi connectivity index (χ1) is 28.5. The number of para-hydroxylation sites is 1. The molecule has 11 rings (SSSR count). The van der Waals surface area contributed by atoms with E-state index in [9.17, 15) is 0 Å². The van der Waals surface area contributed by atoms with Crippen LogP contribution in [0.15, 0.2) is 182 Å². The molecule has 5 nitrogen and oxygen atoms in total. The molecule has 3 heterocycles. The minimum absolute atomic E-state index is 0.517. The van der Waals surface area contributed by atoms with Crippen LogP contribution in [0.1, 0.15) is 33.6 Å². The topological polar surface area (TPSA) is 60.8 Å². The van der Waals surface area contributed by atoms with Crippen LogP contribution in [0.2, 0.25) is 0 Å². The summed E-state index contributed by atoms with van der Waals surface area (Å²) in [6, 6.07) is 64.0. The van der Waals surface area contributed by atoms with Gasteiger partial charge in [0, 0.05) is 44.8 Å². The van der Waals surface area contributed by atoms with E-state index in [-0.39, 0.29) is 0 Å². The van der Waals surface area contributed by atoms with Gasteiger partial charge in [-0.15, -0.1) is 0 Å². The highest BCUT2D eigenvalue weighted by Gasteiger charge is 2.51. The highest BCUT2D eigenvalue weighted by Crippen LogP contribution is 2.62. The molecule has 2 aliphatic rings. The van der Waals surface area contributed by atoms with Crippen LogP contribution in [0.5, 0.6) is 11.5 Å². The third-order valence-corrected chi connectivity index (χ3v) is 11.7. The first-order valence-electron chi connectivity index (χ1n) is 19.6. The van der Waals surface area contributed by atoms with Gasteiger partial charge >= 0.3 is 0 Å². The maximum atomic E-state index is 6.67. The molecule has 2 aromatic heterocycles. The lowest BCUT2D eigenvalue weighted by Gasteiger charge is -2.39. The molecule has 5 heteroatoms. The lowest BCUT2D eigenvalue weighted by molar-refractivity contribution is 0.436. The number of hydrogen-bond acceptors (Lipinski definition) is 5. The van der Waals surface area contributed by atoms with Crippen LogP contribution in [0, 0.1) is 13.8 Å². The van der Waals surface area contributed by atoms with Gasteiger partial charge < -0.3 is 4.74 Å². The van der Waals surface area contributed by atoms with Gasteiger partial charge in [-0.05, 0) is 77.1 Å². The Hall–Kier alpha value is -7.50. The molecule has 0 N–H and O–H groups in total. The third kappa shape index (κ3) is 5.31. The van der Waals surface area contributed by atoms with Crippen molar-refractivity contribution >= 4 is 0 Å². The zero-order valence-electron chi connectivity index (χ0n) is 32.0. The summed E-state index contributed by atoms with van der Waals surface area (Å²) in [7, 11) is 0. The fourth-order valence-electron chi connectivity index (χ4n) is 8.99. The monoisotopic (exact) mass is 744 g/mol. The van der Waals surface area contributed by atoms with Crippen molar-refractivity contribution in [3.05, 3.63) is 216 Å². The summed E-state index contributed by atoms with van der Waals surface area (Å²) in [5.74, 6) is 3.63. The maximum Gasteiger partial charge on any atom is 0.164 e. The van der Waals surface area contributed by atoms with Crippen LogP contribution in [-0.2, 0) is 5.41 Å². The number of rotatable bonds is 5. The number of aryl methyl sites for hydroxylation is 2. The predicted octanol–water partition coefficient (Wildman–Crippen LogP) is 12.7. The Labute approximate surface area is 337 Å². The Bertz CT molecular complexity index is 3000. The zero-order chi connectivity index (χ0) is 38.8. The normalized spacial score (nSPS) is 12.9. The number of aromatic nitrogens is 4. The van der Waals surface area contributed by atoms with E-state index in [2.05, 4.69) is 164 Å². The lowest BCUT2D eigenvalue weighted by Crippen LogP contribution is -2.32. The van der Waals surface area contributed by atoms with Crippen molar-refractivity contribution in [3.8, 4) is 79.0 Å². The largest absolute Gasteiger partial charge is 0.457 e. The summed E-state index contributed by atoms with van der Waals surface area (Å²) in [6.45, 7) is 4.07. The standard InChI is InChI=1S/C53H36N4O/c1-33-20-30-41(34(2)54-33)36-23-27-39(28-24-36)52-56-50(37-12-4-3-5-13-37)55-51(57-52)38-25-21-35(22-26-38)40-29-31-49-47(32-40)53(46-18-10-11-19-48(46)58-49)44-16-8-6-14-42(44)43-15-7-9-17-45(43)53/h3-32H,1-2H3. The highest BCUT2D eigenvalue weighted by molar-refractivity contribution is 5.89. The minimum atomic E-state index is -0.517. The first kappa shape index (κ1) is 33.8. The molecular formula is C53H36N4O. The van der Waals surface area contributed by atoms with Crippen LogP contribution in [0.4, 0.5) is 0 Å². The first-order valence-corrected chi connectivity index (χ1v) is 19.6. The van der Waals surface area contributed by atoms with Crippen molar-refractivity contribution in [2.75, 3.05) is 0 Å². The van der Waals surface area contributed by atoms with E-state index in [0.29, 0.717) is 17.5 Å². The fraction of sp³-hybridized carbons (Fsp3) is 0.0566. The van der Waals surface area contributed by atoms with Crippen molar-refractivity contribution in [2.24, 2.45) is 0 Å². The number of hydrogen-bond donors (Lipinski definition) is 0. The fourth-order valence-corrected chi connectivity index (χ4v) is 8.99. The number of pyridine rings is 1. The molecule has 1 aliphatic heterocycles. The molecule has 9 aromatic rings. The molecular weight excluding hydrogens is 709 g/mol. The summed E-state index contributed by atoms with van der Waals surface area (Å²) < 4.78 is 6.67. The van der Waals surface area contributed by atoms with Gasteiger partial charge in [0.05, 0.1) is 5.41 Å². The van der Waals surface area contributed by atoms with E-state index in [1.165, 1.54) is 22.3 Å². The molecule has 58 heavy (non-hydrogen) atoms. The van der Waals surface area contributed by atoms with Gasteiger partial charge in [-0.2, -0.15) is 0 Å². The Morgan fingerprint density at radius 3 is 1.45 bits per heavy atom. The van der Waals surface area contributed by atoms with E-state index >= 15 is 0 Å². The average Bonchev–Trinajstić information content (AvgIpc) is 3.57. The van der Waals surface area contributed by atoms with E-state index in [4.69, 9.17) is 19.7 Å². The molecule has 0 fully saturated rings. The quantitative estimate of drug-likeness (QED) is 0.176. The number of nitrogens with zero attached hydrogens (tertiary/aromatic N) is 4. The summed E-state index contributed by atoms with van der Waals surface area (Å²) in [4.78, 5) is 19.7. The van der Waals surface area contributed by atoms with Gasteiger partial charge in [0.15, 0.2) is 17.5 Å². The van der Waals surface area contributed by atoms with E-state index in [0.717, 1.165) is 73.0 Å². The van der Waals surface area contributed by atoms with Crippen molar-refractivity contribution in [3.63, 3.8) is 0 Å². The van der Waals surface area contributed by atoms with Crippen molar-refractivity contribution in [2.45, 2.75) is 19.3 Å². The Kier molecular flexibility index (Phi) is 7.76. The van der Waals surface area contributed by atoms with Crippen LogP contribution in [0.25, 0.3) is 67.5 Å². The molecule has 0 saturated heterocycles. The number of benzene rings is 7. The van der Waals surface area contributed by atoms with Crippen molar-refractivity contribution < 1.29 is 4.74 Å². The van der Waals surface area contributed by atoms with Crippen LogP contribution in [0.3, 0.4) is 0 Å². The molecule has 0 amide bonds. The molecule has 274 valence electrons. The molecule has 0 radical (unpaired) electrons.